The number of rotatable bonds is 0. The topological polar surface area (TPSA) is 72.5 Å². The molecule has 0 saturated heterocycles. The predicted octanol–water partition coefficient (Wildman–Crippen LogP) is 1.90. The lowest BCUT2D eigenvalue weighted by molar-refractivity contribution is 0.625. The molecule has 1 unspecified atom stereocenters. The third-order valence-electron chi connectivity index (χ3n) is 2.03. The Morgan fingerprint density at radius 1 is 1.29 bits per heavy atom. The second-order valence-corrected chi connectivity index (χ2v) is 3.50. The summed E-state index contributed by atoms with van der Waals surface area (Å²) in [5, 5.41) is 19.7. The number of hydrogen-bond acceptors (Lipinski definition) is 4. The fourth-order valence-corrected chi connectivity index (χ4v) is 1.07. The highest BCUT2D eigenvalue weighted by molar-refractivity contribution is 5.26. The van der Waals surface area contributed by atoms with Crippen LogP contribution in [0, 0.1) is 22.7 Å². The summed E-state index contributed by atoms with van der Waals surface area (Å²) in [6.07, 6.45) is 8.91. The fraction of sp³-hybridized carbons (Fsp3) is 0.154. The van der Waals surface area contributed by atoms with Crippen molar-refractivity contribution in [3.63, 3.8) is 0 Å². The number of pyridine rings is 1. The largest absolute Gasteiger partial charge is 0.370 e. The van der Waals surface area contributed by atoms with Crippen LogP contribution >= 0.6 is 0 Å². The molecule has 0 spiro atoms. The van der Waals surface area contributed by atoms with Crippen LogP contribution in [0.5, 0.6) is 0 Å². The predicted molar refractivity (Wildman–Crippen MR) is 64.4 cm³/mol. The maximum Gasteiger partial charge on any atom is 0.141 e. The van der Waals surface area contributed by atoms with Crippen molar-refractivity contribution >= 4 is 0 Å². The number of allylic oxidation sites excluding steroid dienone is 2. The first kappa shape index (κ1) is 12.5. The highest BCUT2D eigenvalue weighted by Crippen LogP contribution is 2.06. The van der Waals surface area contributed by atoms with Crippen molar-refractivity contribution in [3.8, 4) is 12.1 Å². The van der Waals surface area contributed by atoms with Gasteiger partial charge in [-0.25, -0.2) is 4.98 Å². The molecular formula is C13H12N4. The van der Waals surface area contributed by atoms with E-state index in [1.54, 1.807) is 30.6 Å². The SMILES string of the molecule is CC1(C#N)C=CC=CN1.N#Cc1ccccn1. The monoisotopic (exact) mass is 224 g/mol. The second-order valence-electron chi connectivity index (χ2n) is 3.50. The third kappa shape index (κ3) is 4.19. The molecule has 1 aromatic heterocycles. The van der Waals surface area contributed by atoms with E-state index < -0.39 is 5.54 Å². The third-order valence-corrected chi connectivity index (χ3v) is 2.03. The van der Waals surface area contributed by atoms with Gasteiger partial charge in [0.15, 0.2) is 0 Å². The summed E-state index contributed by atoms with van der Waals surface area (Å²) < 4.78 is 0. The summed E-state index contributed by atoms with van der Waals surface area (Å²) in [6, 6.07) is 9.28. The standard InChI is InChI=1S/C7H8N2.C6H4N2/c1-7(6-8)4-2-3-5-9-7;7-5-6-3-1-2-4-8-6/h2-5,9H,1H3;1-4H. The number of nitriles is 2. The van der Waals surface area contributed by atoms with E-state index in [1.807, 2.05) is 31.2 Å². The average molecular weight is 224 g/mol. The lowest BCUT2D eigenvalue weighted by Crippen LogP contribution is -2.35. The molecule has 1 N–H and O–H groups in total. The van der Waals surface area contributed by atoms with Crippen LogP contribution in [0.4, 0.5) is 0 Å². The highest BCUT2D eigenvalue weighted by Gasteiger charge is 2.17. The number of nitrogens with one attached hydrogen (secondary N) is 1. The molecule has 1 aliphatic rings. The quantitative estimate of drug-likeness (QED) is 0.730. The van der Waals surface area contributed by atoms with Crippen molar-refractivity contribution in [2.75, 3.05) is 0 Å². The van der Waals surface area contributed by atoms with Gasteiger partial charge in [0, 0.05) is 6.20 Å². The van der Waals surface area contributed by atoms with E-state index >= 15 is 0 Å². The maximum absolute atomic E-state index is 8.55. The summed E-state index contributed by atoms with van der Waals surface area (Å²) in [4.78, 5) is 3.74. The van der Waals surface area contributed by atoms with Crippen LogP contribution in [-0.4, -0.2) is 10.5 Å². The zero-order valence-electron chi connectivity index (χ0n) is 9.46. The van der Waals surface area contributed by atoms with Gasteiger partial charge in [0.25, 0.3) is 0 Å². The van der Waals surface area contributed by atoms with Crippen molar-refractivity contribution < 1.29 is 0 Å². The molecule has 1 aromatic rings. The summed E-state index contributed by atoms with van der Waals surface area (Å²) in [7, 11) is 0. The van der Waals surface area contributed by atoms with E-state index in [1.165, 1.54) is 0 Å². The first-order chi connectivity index (χ1) is 8.20. The number of aromatic nitrogens is 1. The first-order valence-corrected chi connectivity index (χ1v) is 5.05. The molecule has 4 heteroatoms. The van der Waals surface area contributed by atoms with Gasteiger partial charge in [-0.15, -0.1) is 0 Å². The highest BCUT2D eigenvalue weighted by atomic mass is 14.9. The van der Waals surface area contributed by atoms with Crippen LogP contribution in [0.15, 0.2) is 48.8 Å². The Balaban J connectivity index is 0.000000171. The van der Waals surface area contributed by atoms with Crippen molar-refractivity contribution in [2.45, 2.75) is 12.5 Å². The molecule has 0 aromatic carbocycles. The second kappa shape index (κ2) is 6.09. The Kier molecular flexibility index (Phi) is 4.47. The van der Waals surface area contributed by atoms with Crippen molar-refractivity contribution in [3.05, 3.63) is 54.5 Å². The van der Waals surface area contributed by atoms with Crippen LogP contribution in [-0.2, 0) is 0 Å². The van der Waals surface area contributed by atoms with Gasteiger partial charge in [-0.05, 0) is 37.4 Å². The molecule has 1 atom stereocenters. The fourth-order valence-electron chi connectivity index (χ4n) is 1.07. The lowest BCUT2D eigenvalue weighted by Gasteiger charge is -2.19. The van der Waals surface area contributed by atoms with Crippen LogP contribution < -0.4 is 5.32 Å². The maximum atomic E-state index is 8.55. The molecule has 0 radical (unpaired) electrons. The van der Waals surface area contributed by atoms with Gasteiger partial charge in [-0.1, -0.05) is 12.1 Å². The van der Waals surface area contributed by atoms with Crippen LogP contribution in [0.25, 0.3) is 0 Å². The first-order valence-electron chi connectivity index (χ1n) is 5.05. The average Bonchev–Trinajstić information content (AvgIpc) is 2.41. The molecule has 2 heterocycles. The molecule has 0 bridgehead atoms. The molecule has 0 aliphatic carbocycles. The molecule has 4 nitrogen and oxygen atoms in total. The van der Waals surface area contributed by atoms with Crippen LogP contribution in [0.2, 0.25) is 0 Å². The minimum absolute atomic E-state index is 0.465. The number of nitrogens with zero attached hydrogens (tertiary/aromatic N) is 3. The van der Waals surface area contributed by atoms with E-state index in [-0.39, 0.29) is 0 Å². The summed E-state index contributed by atoms with van der Waals surface area (Å²) in [6.45, 7) is 1.83. The Hall–Kier alpha value is -2.59. The van der Waals surface area contributed by atoms with Crippen molar-refractivity contribution in [1.82, 2.24) is 10.3 Å². The lowest BCUT2D eigenvalue weighted by atomic mass is 10.0. The minimum Gasteiger partial charge on any atom is -0.370 e. The molecule has 0 saturated carbocycles. The normalized spacial score (nSPS) is 20.2. The molecule has 2 rings (SSSR count). The Morgan fingerprint density at radius 2 is 2.12 bits per heavy atom. The van der Waals surface area contributed by atoms with E-state index in [2.05, 4.69) is 16.4 Å². The summed E-state index contributed by atoms with van der Waals surface area (Å²) in [5.74, 6) is 0. The van der Waals surface area contributed by atoms with E-state index in [0.29, 0.717) is 5.69 Å². The van der Waals surface area contributed by atoms with Gasteiger partial charge >= 0.3 is 0 Å². The Morgan fingerprint density at radius 3 is 2.47 bits per heavy atom. The van der Waals surface area contributed by atoms with Crippen molar-refractivity contribution in [2.24, 2.45) is 0 Å². The molecule has 1 aliphatic heterocycles. The minimum atomic E-state index is -0.491. The zero-order valence-corrected chi connectivity index (χ0v) is 9.46. The Bertz CT molecular complexity index is 490. The number of dihydropyridines is 1. The van der Waals surface area contributed by atoms with Crippen LogP contribution in [0.1, 0.15) is 12.6 Å². The molecule has 17 heavy (non-hydrogen) atoms. The van der Waals surface area contributed by atoms with Gasteiger partial charge < -0.3 is 5.32 Å². The summed E-state index contributed by atoms with van der Waals surface area (Å²) >= 11 is 0. The van der Waals surface area contributed by atoms with E-state index in [0.717, 1.165) is 0 Å². The molecule has 0 amide bonds. The van der Waals surface area contributed by atoms with Gasteiger partial charge in [-0.2, -0.15) is 10.5 Å². The van der Waals surface area contributed by atoms with Gasteiger partial charge in [-0.3, -0.25) is 0 Å². The summed E-state index contributed by atoms with van der Waals surface area (Å²) in [5.41, 5.74) is -0.0260. The zero-order chi connectivity index (χ0) is 12.6. The Labute approximate surface area is 101 Å². The van der Waals surface area contributed by atoms with Gasteiger partial charge in [0.05, 0.1) is 6.07 Å². The van der Waals surface area contributed by atoms with Crippen molar-refractivity contribution in [1.29, 1.82) is 10.5 Å². The van der Waals surface area contributed by atoms with Gasteiger partial charge in [0.1, 0.15) is 17.3 Å². The molecule has 84 valence electrons. The van der Waals surface area contributed by atoms with Gasteiger partial charge in [0.2, 0.25) is 0 Å². The molecular weight excluding hydrogens is 212 g/mol. The van der Waals surface area contributed by atoms with E-state index in [4.69, 9.17) is 10.5 Å². The molecule has 0 fully saturated rings. The van der Waals surface area contributed by atoms with E-state index in [9.17, 15) is 0 Å². The van der Waals surface area contributed by atoms with Crippen LogP contribution in [0.3, 0.4) is 0 Å². The number of hydrogen-bond donors (Lipinski definition) is 1. The smallest absolute Gasteiger partial charge is 0.141 e.